The van der Waals surface area contributed by atoms with Crippen molar-refractivity contribution in [1.29, 1.82) is 0 Å². The zero-order valence-electron chi connectivity index (χ0n) is 20.1. The summed E-state index contributed by atoms with van der Waals surface area (Å²) in [5.74, 6) is 0.701. The van der Waals surface area contributed by atoms with Crippen LogP contribution in [0.4, 0.5) is 27.5 Å². The summed E-state index contributed by atoms with van der Waals surface area (Å²) in [4.78, 5) is 17.9. The van der Waals surface area contributed by atoms with Gasteiger partial charge in [-0.2, -0.15) is 0 Å². The smallest absolute Gasteiger partial charge is 0.227 e. The number of likely N-dealkylation sites (tertiary alicyclic amines) is 1. The number of fused-ring (bicyclic) bond motifs is 2. The lowest BCUT2D eigenvalue weighted by Gasteiger charge is -2.43. The normalized spacial score (nSPS) is 20.8. The van der Waals surface area contributed by atoms with E-state index in [0.29, 0.717) is 18.0 Å². The summed E-state index contributed by atoms with van der Waals surface area (Å²) in [6.07, 6.45) is 4.06. The number of rotatable bonds is 6. The molecule has 6 rings (SSSR count). The molecule has 9 nitrogen and oxygen atoms in total. The molecule has 3 aromatic rings. The second-order valence-corrected chi connectivity index (χ2v) is 9.60. The van der Waals surface area contributed by atoms with E-state index in [1.54, 1.807) is 24.3 Å². The Bertz CT molecular complexity index is 1280. The Labute approximate surface area is 209 Å². The summed E-state index contributed by atoms with van der Waals surface area (Å²) in [6, 6.07) is 13.8. The van der Waals surface area contributed by atoms with Crippen LogP contribution >= 0.6 is 0 Å². The van der Waals surface area contributed by atoms with E-state index in [9.17, 15) is 4.53 Å². The second-order valence-electron chi connectivity index (χ2n) is 9.60. The first kappa shape index (κ1) is 22.6. The molecule has 0 bridgehead atoms. The van der Waals surface area contributed by atoms with E-state index in [0.717, 1.165) is 66.5 Å². The second kappa shape index (κ2) is 9.29. The van der Waals surface area contributed by atoms with E-state index in [-0.39, 0.29) is 5.75 Å². The van der Waals surface area contributed by atoms with Gasteiger partial charge in [0.2, 0.25) is 5.95 Å². The Hall–Kier alpha value is -3.89. The van der Waals surface area contributed by atoms with Crippen LogP contribution in [0, 0.1) is 0 Å². The monoisotopic (exact) mass is 488 g/mol. The maximum Gasteiger partial charge on any atom is 0.227 e. The number of nitrogens with zero attached hydrogens (tertiary/aromatic N) is 4. The van der Waals surface area contributed by atoms with Crippen molar-refractivity contribution in [2.45, 2.75) is 44.9 Å². The van der Waals surface area contributed by atoms with Gasteiger partial charge < -0.3 is 21.1 Å². The van der Waals surface area contributed by atoms with Gasteiger partial charge >= 0.3 is 0 Å². The third-order valence-electron chi connectivity index (χ3n) is 7.34. The van der Waals surface area contributed by atoms with Crippen molar-refractivity contribution >= 4 is 28.7 Å². The van der Waals surface area contributed by atoms with Crippen molar-refractivity contribution in [2.24, 2.45) is 0 Å². The molecule has 1 aromatic heterocycles. The van der Waals surface area contributed by atoms with E-state index < -0.39 is 0 Å². The molecular formula is C26H29FN8O. The van der Waals surface area contributed by atoms with Crippen LogP contribution in [-0.4, -0.2) is 38.4 Å². The van der Waals surface area contributed by atoms with Gasteiger partial charge in [0.25, 0.3) is 0 Å². The van der Waals surface area contributed by atoms with Gasteiger partial charge in [-0.1, -0.05) is 12.6 Å². The molecule has 36 heavy (non-hydrogen) atoms. The number of nitrogens with one attached hydrogen (secondary N) is 4. The Balaban J connectivity index is 1.08. The van der Waals surface area contributed by atoms with Crippen LogP contribution in [0.25, 0.3) is 5.70 Å². The zero-order chi connectivity index (χ0) is 24.6. The Morgan fingerprint density at radius 3 is 2.78 bits per heavy atom. The third-order valence-corrected chi connectivity index (χ3v) is 7.34. The van der Waals surface area contributed by atoms with Gasteiger partial charge in [-0.05, 0) is 61.7 Å². The molecule has 2 aromatic carbocycles. The molecule has 0 spiro atoms. The highest BCUT2D eigenvalue weighted by Gasteiger charge is 2.34. The van der Waals surface area contributed by atoms with Crippen molar-refractivity contribution < 1.29 is 9.47 Å². The van der Waals surface area contributed by atoms with Crippen LogP contribution in [0.5, 0.6) is 5.75 Å². The Morgan fingerprint density at radius 1 is 1.14 bits per heavy atom. The highest BCUT2D eigenvalue weighted by molar-refractivity contribution is 5.77. The number of aromatic nitrogens is 2. The summed E-state index contributed by atoms with van der Waals surface area (Å²) >= 11 is 0. The molecule has 4 N–H and O–H groups in total. The predicted molar refractivity (Wildman–Crippen MR) is 138 cm³/mol. The van der Waals surface area contributed by atoms with Crippen LogP contribution in [0.15, 0.2) is 55.2 Å². The number of benzene rings is 2. The fourth-order valence-corrected chi connectivity index (χ4v) is 5.36. The summed E-state index contributed by atoms with van der Waals surface area (Å²) in [6.45, 7) is 9.37. The first-order valence-electron chi connectivity index (χ1n) is 12.2. The lowest BCUT2D eigenvalue weighted by Crippen LogP contribution is -2.46. The molecule has 0 saturated carbocycles. The number of anilines is 4. The summed E-state index contributed by atoms with van der Waals surface area (Å²) in [5, 5.41) is 3.19. The minimum absolute atomic E-state index is 0.161. The van der Waals surface area contributed by atoms with Gasteiger partial charge in [0.15, 0.2) is 5.75 Å². The van der Waals surface area contributed by atoms with E-state index in [1.165, 1.54) is 5.56 Å². The van der Waals surface area contributed by atoms with Crippen molar-refractivity contribution in [3.63, 3.8) is 0 Å². The number of halogens is 1. The topological polar surface area (TPSA) is 89.6 Å². The third kappa shape index (κ3) is 4.29. The molecule has 0 radical (unpaired) electrons. The minimum atomic E-state index is 0.161. The zero-order valence-corrected chi connectivity index (χ0v) is 20.1. The molecule has 186 valence electrons. The molecule has 0 aliphatic carbocycles. The standard InChI is InChI=1S/C26H29FN8O/c1-16-11-21(9-10-35(16)17(2)18-3-8-23-24(12-18)32-33-31-23)34-14-19-13-28-26(30-25(19)15-34)29-20-4-6-22(36-27)7-5-20/h3-8,12-13,16,21,31-33H,2,9-11,14-15H2,1H3,(H,28,29,30)/t16-,21-/m1/s1. The maximum absolute atomic E-state index is 12.3. The lowest BCUT2D eigenvalue weighted by atomic mass is 9.95. The van der Waals surface area contributed by atoms with Gasteiger partial charge in [0.1, 0.15) is 0 Å². The quantitative estimate of drug-likeness (QED) is 0.398. The molecule has 0 unspecified atom stereocenters. The summed E-state index contributed by atoms with van der Waals surface area (Å²) in [5.41, 5.74) is 16.4. The van der Waals surface area contributed by atoms with Crippen LogP contribution in [0.1, 0.15) is 36.6 Å². The van der Waals surface area contributed by atoms with Crippen LogP contribution in [0.3, 0.4) is 0 Å². The molecule has 10 heteroatoms. The largest absolute Gasteiger partial charge is 0.369 e. The molecule has 3 aliphatic heterocycles. The van der Waals surface area contributed by atoms with Crippen molar-refractivity contribution in [1.82, 2.24) is 25.3 Å². The van der Waals surface area contributed by atoms with Crippen LogP contribution in [-0.2, 0) is 13.1 Å². The van der Waals surface area contributed by atoms with Gasteiger partial charge in [-0.3, -0.25) is 9.84 Å². The van der Waals surface area contributed by atoms with Crippen molar-refractivity contribution in [3.8, 4) is 5.75 Å². The fourth-order valence-electron chi connectivity index (χ4n) is 5.36. The number of piperidine rings is 1. The van der Waals surface area contributed by atoms with E-state index >= 15 is 0 Å². The molecule has 1 fully saturated rings. The van der Waals surface area contributed by atoms with E-state index in [1.807, 2.05) is 6.20 Å². The highest BCUT2D eigenvalue weighted by Crippen LogP contribution is 2.35. The van der Waals surface area contributed by atoms with Gasteiger partial charge in [0, 0.05) is 59.4 Å². The van der Waals surface area contributed by atoms with Crippen LogP contribution < -0.4 is 26.6 Å². The minimum Gasteiger partial charge on any atom is -0.369 e. The summed E-state index contributed by atoms with van der Waals surface area (Å²) < 4.78 is 12.3. The average molecular weight is 489 g/mol. The number of hydrogen-bond donors (Lipinski definition) is 4. The van der Waals surface area contributed by atoms with Crippen molar-refractivity contribution in [2.75, 3.05) is 22.7 Å². The Kier molecular flexibility index (Phi) is 5.82. The molecule has 3 aliphatic rings. The van der Waals surface area contributed by atoms with Crippen molar-refractivity contribution in [3.05, 3.63) is 72.1 Å². The average Bonchev–Trinajstić information content (AvgIpc) is 3.55. The van der Waals surface area contributed by atoms with E-state index in [4.69, 9.17) is 4.98 Å². The molecule has 0 amide bonds. The van der Waals surface area contributed by atoms with Gasteiger partial charge in [-0.15, -0.1) is 5.53 Å². The van der Waals surface area contributed by atoms with Crippen LogP contribution in [0.2, 0.25) is 0 Å². The molecule has 4 heterocycles. The number of hydrazine groups is 2. The highest BCUT2D eigenvalue weighted by atomic mass is 19.3. The summed E-state index contributed by atoms with van der Waals surface area (Å²) in [7, 11) is 0. The van der Waals surface area contributed by atoms with Gasteiger partial charge in [-0.25, -0.2) is 9.97 Å². The lowest BCUT2D eigenvalue weighted by molar-refractivity contribution is -0.00618. The molecule has 2 atom stereocenters. The molecule has 1 saturated heterocycles. The number of hydrogen-bond acceptors (Lipinski definition) is 9. The first-order chi connectivity index (χ1) is 17.6. The molecular weight excluding hydrogens is 459 g/mol. The maximum atomic E-state index is 12.3. The van der Waals surface area contributed by atoms with E-state index in [2.05, 4.69) is 73.1 Å². The Morgan fingerprint density at radius 2 is 1.97 bits per heavy atom. The predicted octanol–water partition coefficient (Wildman–Crippen LogP) is 4.58. The fraction of sp³-hybridized carbons (Fsp3) is 0.308. The van der Waals surface area contributed by atoms with Gasteiger partial charge in [0.05, 0.1) is 17.1 Å². The first-order valence-corrected chi connectivity index (χ1v) is 12.2. The SMILES string of the molecule is C=C(c1ccc2c(c1)NNN2)N1CC[C@@H](N2Cc3cnc(Nc4ccc(OF)cc4)nc3C2)C[C@H]1C.